The van der Waals surface area contributed by atoms with E-state index in [1.807, 2.05) is 11.8 Å². The van der Waals surface area contributed by atoms with Crippen molar-refractivity contribution in [2.75, 3.05) is 26.7 Å². The number of hydrogen-bond donors (Lipinski definition) is 2. The highest BCUT2D eigenvalue weighted by molar-refractivity contribution is 5.81. The van der Waals surface area contributed by atoms with E-state index in [0.717, 1.165) is 6.54 Å². The van der Waals surface area contributed by atoms with Crippen LogP contribution in [0.2, 0.25) is 0 Å². The first kappa shape index (κ1) is 16.2. The van der Waals surface area contributed by atoms with Gasteiger partial charge < -0.3 is 10.6 Å². The van der Waals surface area contributed by atoms with Crippen LogP contribution in [0.1, 0.15) is 26.2 Å². The van der Waals surface area contributed by atoms with Crippen molar-refractivity contribution in [2.45, 2.75) is 44.4 Å². The summed E-state index contributed by atoms with van der Waals surface area (Å²) < 4.78 is 36.4. The maximum absolute atomic E-state index is 12.1. The zero-order chi connectivity index (χ0) is 14.5. The van der Waals surface area contributed by atoms with Crippen molar-refractivity contribution in [3.63, 3.8) is 0 Å². The third-order valence-corrected chi connectivity index (χ3v) is 3.48. The minimum absolute atomic E-state index is 0.0215. The Bertz CT molecular complexity index is 296. The molecule has 7 heteroatoms. The van der Waals surface area contributed by atoms with Gasteiger partial charge in [0.05, 0.1) is 0 Å². The van der Waals surface area contributed by atoms with Gasteiger partial charge in [-0.1, -0.05) is 0 Å². The predicted octanol–water partition coefficient (Wildman–Crippen LogP) is 1.13. The van der Waals surface area contributed by atoms with Crippen LogP contribution in [-0.2, 0) is 4.79 Å². The minimum atomic E-state index is -4.09. The summed E-state index contributed by atoms with van der Waals surface area (Å²) in [5.74, 6) is -0.0881. The number of amides is 1. The largest absolute Gasteiger partial charge is 0.389 e. The Hall–Kier alpha value is -0.820. The van der Waals surface area contributed by atoms with E-state index in [1.54, 1.807) is 7.05 Å². The molecule has 1 saturated heterocycles. The first-order valence-corrected chi connectivity index (χ1v) is 6.60. The van der Waals surface area contributed by atoms with Gasteiger partial charge in [0.2, 0.25) is 5.91 Å². The molecule has 1 aliphatic heterocycles. The maximum Gasteiger partial charge on any atom is 0.389 e. The fraction of sp³-hybridized carbons (Fsp3) is 0.917. The first-order chi connectivity index (χ1) is 8.85. The van der Waals surface area contributed by atoms with Gasteiger partial charge in [0.1, 0.15) is 6.04 Å². The highest BCUT2D eigenvalue weighted by atomic mass is 19.4. The highest BCUT2D eigenvalue weighted by Gasteiger charge is 2.32. The predicted molar refractivity (Wildman–Crippen MR) is 66.8 cm³/mol. The Labute approximate surface area is 111 Å². The lowest BCUT2D eigenvalue weighted by molar-refractivity contribution is -0.137. The van der Waals surface area contributed by atoms with Gasteiger partial charge in [0.25, 0.3) is 0 Å². The quantitative estimate of drug-likeness (QED) is 0.794. The van der Waals surface area contributed by atoms with E-state index in [9.17, 15) is 18.0 Å². The summed E-state index contributed by atoms with van der Waals surface area (Å²) >= 11 is 0. The lowest BCUT2D eigenvalue weighted by atomic mass is 10.0. The summed E-state index contributed by atoms with van der Waals surface area (Å²) in [5.41, 5.74) is 0. The number of halogens is 3. The molecule has 1 rings (SSSR count). The van der Waals surface area contributed by atoms with Crippen molar-refractivity contribution in [1.29, 1.82) is 0 Å². The monoisotopic (exact) mass is 281 g/mol. The molecular weight excluding hydrogens is 259 g/mol. The van der Waals surface area contributed by atoms with Gasteiger partial charge in [-0.3, -0.25) is 9.69 Å². The molecule has 2 unspecified atom stereocenters. The Morgan fingerprint density at radius 2 is 2.21 bits per heavy atom. The molecule has 0 aliphatic carbocycles. The Morgan fingerprint density at radius 3 is 2.79 bits per heavy atom. The number of hydrogen-bond acceptors (Lipinski definition) is 3. The molecule has 19 heavy (non-hydrogen) atoms. The molecule has 2 N–H and O–H groups in total. The Kier molecular flexibility index (Phi) is 6.06. The molecule has 0 aromatic carbocycles. The number of carbonyl (C=O) groups excluding carboxylic acids is 1. The van der Waals surface area contributed by atoms with Crippen LogP contribution >= 0.6 is 0 Å². The van der Waals surface area contributed by atoms with Crippen LogP contribution in [0.25, 0.3) is 0 Å². The van der Waals surface area contributed by atoms with Crippen LogP contribution in [0.4, 0.5) is 13.2 Å². The zero-order valence-corrected chi connectivity index (χ0v) is 11.4. The SMILES string of the molecule is CNC(=O)C1CNCCN1C(C)CCCC(F)(F)F. The molecule has 1 aliphatic rings. The van der Waals surface area contributed by atoms with Crippen molar-refractivity contribution in [3.8, 4) is 0 Å². The molecule has 1 heterocycles. The van der Waals surface area contributed by atoms with Crippen LogP contribution < -0.4 is 10.6 Å². The van der Waals surface area contributed by atoms with Crippen molar-refractivity contribution in [1.82, 2.24) is 15.5 Å². The van der Waals surface area contributed by atoms with E-state index in [0.29, 0.717) is 19.5 Å². The summed E-state index contributed by atoms with van der Waals surface area (Å²) in [4.78, 5) is 13.7. The third kappa shape index (κ3) is 5.36. The lowest BCUT2D eigenvalue weighted by Crippen LogP contribution is -2.59. The molecule has 0 bridgehead atoms. The van der Waals surface area contributed by atoms with E-state index in [-0.39, 0.29) is 24.4 Å². The summed E-state index contributed by atoms with van der Waals surface area (Å²) in [5, 5.41) is 5.73. The fourth-order valence-electron chi connectivity index (χ4n) is 2.42. The van der Waals surface area contributed by atoms with Crippen LogP contribution in [0.3, 0.4) is 0 Å². The lowest BCUT2D eigenvalue weighted by Gasteiger charge is -2.39. The van der Waals surface area contributed by atoms with Gasteiger partial charge in [-0.25, -0.2) is 0 Å². The summed E-state index contributed by atoms with van der Waals surface area (Å²) in [6, 6.07) is -0.314. The number of likely N-dealkylation sites (N-methyl/N-ethyl adjacent to an activating group) is 1. The number of rotatable bonds is 5. The first-order valence-electron chi connectivity index (χ1n) is 6.60. The average Bonchev–Trinajstić information content (AvgIpc) is 2.36. The smallest absolute Gasteiger partial charge is 0.358 e. The fourth-order valence-corrected chi connectivity index (χ4v) is 2.42. The van der Waals surface area contributed by atoms with Crippen LogP contribution in [0.15, 0.2) is 0 Å². The molecule has 0 spiro atoms. The van der Waals surface area contributed by atoms with Gasteiger partial charge >= 0.3 is 6.18 Å². The normalized spacial score (nSPS) is 23.1. The van der Waals surface area contributed by atoms with E-state index in [4.69, 9.17) is 0 Å². The molecule has 1 amide bonds. The van der Waals surface area contributed by atoms with Gasteiger partial charge in [0, 0.05) is 39.1 Å². The van der Waals surface area contributed by atoms with Gasteiger partial charge in [-0.15, -0.1) is 0 Å². The second-order valence-corrected chi connectivity index (χ2v) is 4.93. The Balaban J connectivity index is 2.48. The van der Waals surface area contributed by atoms with Gasteiger partial charge in [-0.05, 0) is 19.8 Å². The molecule has 0 aromatic heterocycles. The van der Waals surface area contributed by atoms with E-state index < -0.39 is 12.6 Å². The molecule has 0 radical (unpaired) electrons. The highest BCUT2D eigenvalue weighted by Crippen LogP contribution is 2.24. The van der Waals surface area contributed by atoms with Crippen molar-refractivity contribution >= 4 is 5.91 Å². The van der Waals surface area contributed by atoms with Gasteiger partial charge in [0.15, 0.2) is 0 Å². The average molecular weight is 281 g/mol. The topological polar surface area (TPSA) is 44.4 Å². The molecule has 0 saturated carbocycles. The molecule has 2 atom stereocenters. The van der Waals surface area contributed by atoms with E-state index in [1.165, 1.54) is 0 Å². The number of carbonyl (C=O) groups is 1. The maximum atomic E-state index is 12.1. The van der Waals surface area contributed by atoms with E-state index >= 15 is 0 Å². The number of nitrogens with zero attached hydrogens (tertiary/aromatic N) is 1. The van der Waals surface area contributed by atoms with Crippen molar-refractivity contribution in [3.05, 3.63) is 0 Å². The second kappa shape index (κ2) is 7.09. The van der Waals surface area contributed by atoms with E-state index in [2.05, 4.69) is 10.6 Å². The third-order valence-electron chi connectivity index (χ3n) is 3.48. The second-order valence-electron chi connectivity index (χ2n) is 4.93. The minimum Gasteiger partial charge on any atom is -0.358 e. The van der Waals surface area contributed by atoms with Crippen molar-refractivity contribution < 1.29 is 18.0 Å². The standard InChI is InChI=1S/C12H22F3N3O/c1-9(4-3-5-12(13,14)15)18-7-6-17-8-10(18)11(19)16-2/h9-10,17H,3-8H2,1-2H3,(H,16,19). The zero-order valence-electron chi connectivity index (χ0n) is 11.4. The summed E-state index contributed by atoms with van der Waals surface area (Å²) in [6.45, 7) is 3.88. The summed E-state index contributed by atoms with van der Waals surface area (Å²) in [7, 11) is 1.57. The molecule has 112 valence electrons. The number of nitrogens with one attached hydrogen (secondary N) is 2. The van der Waals surface area contributed by atoms with Crippen molar-refractivity contribution in [2.24, 2.45) is 0 Å². The molecule has 4 nitrogen and oxygen atoms in total. The van der Waals surface area contributed by atoms with Crippen LogP contribution in [0.5, 0.6) is 0 Å². The molecular formula is C12H22F3N3O. The molecule has 0 aromatic rings. The summed E-state index contributed by atoms with van der Waals surface area (Å²) in [6.07, 6.45) is -4.29. The number of alkyl halides is 3. The number of piperazine rings is 1. The van der Waals surface area contributed by atoms with Crippen LogP contribution in [0, 0.1) is 0 Å². The molecule has 1 fully saturated rings. The Morgan fingerprint density at radius 1 is 1.53 bits per heavy atom. The van der Waals surface area contributed by atoms with Gasteiger partial charge in [-0.2, -0.15) is 13.2 Å². The van der Waals surface area contributed by atoms with Crippen LogP contribution in [-0.4, -0.2) is 55.7 Å².